The van der Waals surface area contributed by atoms with Crippen molar-refractivity contribution in [3.63, 3.8) is 0 Å². The average Bonchev–Trinajstić information content (AvgIpc) is 3.50. The van der Waals surface area contributed by atoms with Crippen LogP contribution < -0.4 is 5.43 Å². The van der Waals surface area contributed by atoms with E-state index in [0.717, 1.165) is 62.3 Å². The number of fused-ring (bicyclic) bond motifs is 4. The van der Waals surface area contributed by atoms with E-state index >= 15 is 0 Å². The minimum absolute atomic E-state index is 0.786. The van der Waals surface area contributed by atoms with E-state index in [2.05, 4.69) is 105 Å². The summed E-state index contributed by atoms with van der Waals surface area (Å²) in [6.07, 6.45) is 8.27. The van der Waals surface area contributed by atoms with Crippen molar-refractivity contribution in [2.75, 3.05) is 5.43 Å². The van der Waals surface area contributed by atoms with Crippen LogP contribution >= 0.6 is 11.3 Å². The molecule has 6 heteroatoms. The van der Waals surface area contributed by atoms with E-state index in [9.17, 15) is 0 Å². The van der Waals surface area contributed by atoms with E-state index in [4.69, 9.17) is 5.10 Å². The van der Waals surface area contributed by atoms with Crippen LogP contribution in [0.4, 0.5) is 5.82 Å². The van der Waals surface area contributed by atoms with Gasteiger partial charge in [-0.25, -0.2) is 9.97 Å². The normalized spacial score (nSPS) is 13.4. The lowest BCUT2D eigenvalue weighted by atomic mass is 9.97. The molecule has 1 aliphatic rings. The molecule has 7 rings (SSSR count). The number of rotatable bonds is 5. The van der Waals surface area contributed by atoms with E-state index in [-0.39, 0.29) is 0 Å². The van der Waals surface area contributed by atoms with Crippen LogP contribution in [0.3, 0.4) is 0 Å². The van der Waals surface area contributed by atoms with Gasteiger partial charge >= 0.3 is 0 Å². The van der Waals surface area contributed by atoms with Crippen LogP contribution in [0.2, 0.25) is 0 Å². The molecule has 3 aromatic carbocycles. The zero-order valence-corrected chi connectivity index (χ0v) is 21.1. The topological polar surface area (TPSA) is 55.1 Å². The lowest BCUT2D eigenvalue weighted by Gasteiger charge is -2.12. The number of aromatic nitrogens is 3. The number of nitrogens with zero attached hydrogens (tertiary/aromatic N) is 4. The molecule has 0 aliphatic heterocycles. The number of hydrazone groups is 1. The fourth-order valence-corrected chi connectivity index (χ4v) is 6.68. The highest BCUT2D eigenvalue weighted by Gasteiger charge is 2.21. The molecule has 0 saturated carbocycles. The second-order valence-corrected chi connectivity index (χ2v) is 10.4. The van der Waals surface area contributed by atoms with Crippen LogP contribution in [0, 0.1) is 0 Å². The van der Waals surface area contributed by atoms with Crippen molar-refractivity contribution in [3.05, 3.63) is 107 Å². The third-order valence-electron chi connectivity index (χ3n) is 7.09. The summed E-state index contributed by atoms with van der Waals surface area (Å²) >= 11 is 1.80. The van der Waals surface area contributed by atoms with Gasteiger partial charge in [-0.1, -0.05) is 66.7 Å². The number of benzene rings is 3. The number of thiophene rings is 1. The van der Waals surface area contributed by atoms with Crippen molar-refractivity contribution < 1.29 is 0 Å². The van der Waals surface area contributed by atoms with E-state index in [1.807, 2.05) is 6.21 Å². The number of anilines is 1. The van der Waals surface area contributed by atoms with Gasteiger partial charge in [0.1, 0.15) is 11.2 Å². The van der Waals surface area contributed by atoms with Gasteiger partial charge in [-0.3, -0.25) is 5.43 Å². The molecule has 5 nitrogen and oxygen atoms in total. The zero-order valence-electron chi connectivity index (χ0n) is 20.3. The van der Waals surface area contributed by atoms with Crippen molar-refractivity contribution >= 4 is 44.5 Å². The Balaban J connectivity index is 1.38. The Bertz CT molecular complexity index is 1750. The quantitative estimate of drug-likeness (QED) is 0.196. The van der Waals surface area contributed by atoms with Gasteiger partial charge in [0.25, 0.3) is 0 Å². The lowest BCUT2D eigenvalue weighted by Crippen LogP contribution is -2.01. The Morgan fingerprint density at radius 2 is 1.59 bits per heavy atom. The molecule has 37 heavy (non-hydrogen) atoms. The predicted molar refractivity (Wildman–Crippen MR) is 154 cm³/mol. The molecule has 0 saturated heterocycles. The molecular formula is C31H25N5S. The summed E-state index contributed by atoms with van der Waals surface area (Å²) < 4.78 is 2.32. The maximum atomic E-state index is 4.76. The first-order chi connectivity index (χ1) is 18.4. The van der Waals surface area contributed by atoms with Crippen molar-refractivity contribution in [2.45, 2.75) is 25.7 Å². The molecule has 0 bridgehead atoms. The van der Waals surface area contributed by atoms with E-state index < -0.39 is 0 Å². The molecule has 3 aromatic heterocycles. The Labute approximate surface area is 219 Å². The van der Waals surface area contributed by atoms with Crippen molar-refractivity contribution in [3.8, 4) is 16.9 Å². The standard InChI is InChI=1S/C31H25N5S/c1-3-11-21(12-4-1)29-25(23-15-7-9-17-26(23)36(29)22-13-5-2-6-14-22)19-34-35-30-28-24-16-8-10-18-27(24)37-31(28)33-20-32-30/h1-7,9,11-15,17,19-20H,8,10,16,18H2,(H,32,33,35)/b34-19-. The maximum absolute atomic E-state index is 4.76. The Morgan fingerprint density at radius 1 is 0.838 bits per heavy atom. The van der Waals surface area contributed by atoms with Crippen LogP contribution in [-0.4, -0.2) is 20.7 Å². The summed E-state index contributed by atoms with van der Waals surface area (Å²) in [5, 5.41) is 7.04. The van der Waals surface area contributed by atoms with Gasteiger partial charge < -0.3 is 4.57 Å². The Hall–Kier alpha value is -4.29. The Morgan fingerprint density at radius 3 is 2.46 bits per heavy atom. The third-order valence-corrected chi connectivity index (χ3v) is 8.29. The molecule has 0 amide bonds. The minimum Gasteiger partial charge on any atom is -0.309 e. The van der Waals surface area contributed by atoms with Gasteiger partial charge in [0, 0.05) is 21.5 Å². The summed E-state index contributed by atoms with van der Waals surface area (Å²) in [4.78, 5) is 11.6. The number of hydrogen-bond acceptors (Lipinski definition) is 5. The van der Waals surface area contributed by atoms with Gasteiger partial charge in [0.2, 0.25) is 0 Å². The molecule has 0 atom stereocenters. The van der Waals surface area contributed by atoms with E-state index in [1.165, 1.54) is 23.3 Å². The summed E-state index contributed by atoms with van der Waals surface area (Å²) in [5.74, 6) is 0.786. The molecule has 180 valence electrons. The SMILES string of the molecule is C(=N/Nc1ncnc2sc3c(c12)CCCC3)/c1c(-c2ccccc2)n(-c2ccccc2)c2ccccc12. The molecule has 0 spiro atoms. The number of hydrogen-bond donors (Lipinski definition) is 1. The molecule has 6 aromatic rings. The van der Waals surface area contributed by atoms with E-state index in [1.54, 1.807) is 17.7 Å². The van der Waals surface area contributed by atoms with Gasteiger partial charge in [-0.05, 0) is 55.0 Å². The van der Waals surface area contributed by atoms with Crippen molar-refractivity contribution in [1.29, 1.82) is 0 Å². The fraction of sp³-hybridized carbons (Fsp3) is 0.129. The van der Waals surface area contributed by atoms with Crippen LogP contribution in [0.5, 0.6) is 0 Å². The molecule has 3 heterocycles. The van der Waals surface area contributed by atoms with Gasteiger partial charge in [0.15, 0.2) is 5.82 Å². The number of nitrogens with one attached hydrogen (secondary N) is 1. The molecule has 1 aliphatic carbocycles. The highest BCUT2D eigenvalue weighted by atomic mass is 32.1. The summed E-state index contributed by atoms with van der Waals surface area (Å²) in [7, 11) is 0. The first kappa shape index (κ1) is 21.9. The summed E-state index contributed by atoms with van der Waals surface area (Å²) in [5.41, 5.74) is 10.3. The highest BCUT2D eigenvalue weighted by molar-refractivity contribution is 7.19. The largest absolute Gasteiger partial charge is 0.309 e. The van der Waals surface area contributed by atoms with Crippen molar-refractivity contribution in [2.24, 2.45) is 5.10 Å². The number of aryl methyl sites for hydroxylation is 2. The molecule has 1 N–H and O–H groups in total. The first-order valence-corrected chi connectivity index (χ1v) is 13.5. The van der Waals surface area contributed by atoms with Gasteiger partial charge in [-0.15, -0.1) is 11.3 Å². The van der Waals surface area contributed by atoms with Crippen LogP contribution in [-0.2, 0) is 12.8 Å². The van der Waals surface area contributed by atoms with Crippen LogP contribution in [0.1, 0.15) is 28.8 Å². The molecule has 0 fully saturated rings. The van der Waals surface area contributed by atoms with E-state index in [0.29, 0.717) is 0 Å². The van der Waals surface area contributed by atoms with Gasteiger partial charge in [0.05, 0.1) is 22.8 Å². The van der Waals surface area contributed by atoms with Crippen LogP contribution in [0.15, 0.2) is 96.4 Å². The average molecular weight is 500 g/mol. The first-order valence-electron chi connectivity index (χ1n) is 12.7. The summed E-state index contributed by atoms with van der Waals surface area (Å²) in [6, 6.07) is 29.6. The Kier molecular flexibility index (Phi) is 5.52. The summed E-state index contributed by atoms with van der Waals surface area (Å²) in [6.45, 7) is 0. The predicted octanol–water partition coefficient (Wildman–Crippen LogP) is 7.63. The zero-order chi connectivity index (χ0) is 24.6. The minimum atomic E-state index is 0.786. The number of para-hydroxylation sites is 2. The maximum Gasteiger partial charge on any atom is 0.158 e. The molecular weight excluding hydrogens is 474 g/mol. The monoisotopic (exact) mass is 499 g/mol. The van der Waals surface area contributed by atoms with Crippen molar-refractivity contribution in [1.82, 2.24) is 14.5 Å². The van der Waals surface area contributed by atoms with Crippen LogP contribution in [0.25, 0.3) is 38.1 Å². The highest BCUT2D eigenvalue weighted by Crippen LogP contribution is 2.39. The van der Waals surface area contributed by atoms with Gasteiger partial charge in [-0.2, -0.15) is 5.10 Å². The third kappa shape index (κ3) is 3.81. The second kappa shape index (κ2) is 9.30. The fourth-order valence-electron chi connectivity index (χ4n) is 5.45. The smallest absolute Gasteiger partial charge is 0.158 e. The molecule has 0 unspecified atom stereocenters. The lowest BCUT2D eigenvalue weighted by molar-refractivity contribution is 0.700. The molecule has 0 radical (unpaired) electrons. The second-order valence-electron chi connectivity index (χ2n) is 9.30.